The summed E-state index contributed by atoms with van der Waals surface area (Å²) in [6, 6.07) is 3.60. The average Bonchev–Trinajstić information content (AvgIpc) is 2.99. The molecule has 1 saturated heterocycles. The number of aromatic nitrogens is 1. The van der Waals surface area contributed by atoms with Crippen molar-refractivity contribution in [1.29, 1.82) is 0 Å². The largest absolute Gasteiger partial charge is 0.316 e. The van der Waals surface area contributed by atoms with E-state index in [-0.39, 0.29) is 0 Å². The zero-order valence-corrected chi connectivity index (χ0v) is 10.4. The second kappa shape index (κ2) is 4.74. The Hall–Kier alpha value is -1.33. The molecule has 1 aromatic heterocycles. The number of hydrogen-bond donors (Lipinski definition) is 1. The fourth-order valence-electron chi connectivity index (χ4n) is 2.17. The van der Waals surface area contributed by atoms with Gasteiger partial charge in [-0.15, -0.1) is 11.3 Å². The molecule has 0 saturated carbocycles. The van der Waals surface area contributed by atoms with E-state index < -0.39 is 11.6 Å². The van der Waals surface area contributed by atoms with E-state index in [1.807, 2.05) is 5.38 Å². The fraction of sp³-hybridized carbons (Fsp3) is 0.308. The Morgan fingerprint density at radius 2 is 2.22 bits per heavy atom. The molecule has 5 heteroatoms. The molecule has 1 atom stereocenters. The quantitative estimate of drug-likeness (QED) is 0.903. The normalized spacial score (nSPS) is 19.3. The first-order chi connectivity index (χ1) is 8.74. The molecule has 0 radical (unpaired) electrons. The Morgan fingerprint density at radius 1 is 1.33 bits per heavy atom. The molecule has 0 amide bonds. The molecule has 1 aromatic carbocycles. The predicted octanol–water partition coefficient (Wildman–Crippen LogP) is 3.17. The highest BCUT2D eigenvalue weighted by atomic mass is 32.1. The summed E-state index contributed by atoms with van der Waals surface area (Å²) in [5, 5.41) is 5.87. The minimum Gasteiger partial charge on any atom is -0.316 e. The van der Waals surface area contributed by atoms with Gasteiger partial charge < -0.3 is 5.32 Å². The van der Waals surface area contributed by atoms with Crippen molar-refractivity contribution in [3.8, 4) is 10.6 Å². The van der Waals surface area contributed by atoms with Crippen LogP contribution in [0.1, 0.15) is 18.0 Å². The number of benzene rings is 1. The van der Waals surface area contributed by atoms with Gasteiger partial charge in [-0.3, -0.25) is 0 Å². The first-order valence-corrected chi connectivity index (χ1v) is 6.73. The molecular weight excluding hydrogens is 254 g/mol. The lowest BCUT2D eigenvalue weighted by Crippen LogP contribution is -2.08. The molecule has 3 rings (SSSR count). The van der Waals surface area contributed by atoms with Crippen molar-refractivity contribution in [2.75, 3.05) is 13.1 Å². The maximum absolute atomic E-state index is 13.6. The topological polar surface area (TPSA) is 24.9 Å². The predicted molar refractivity (Wildman–Crippen MR) is 67.7 cm³/mol. The average molecular weight is 266 g/mol. The van der Waals surface area contributed by atoms with Crippen LogP contribution >= 0.6 is 11.3 Å². The highest BCUT2D eigenvalue weighted by Crippen LogP contribution is 2.31. The minimum absolute atomic E-state index is 0.374. The van der Waals surface area contributed by atoms with Gasteiger partial charge in [0.15, 0.2) is 0 Å². The third-order valence-corrected chi connectivity index (χ3v) is 4.06. The molecule has 0 bridgehead atoms. The molecular formula is C13H12F2N2S. The van der Waals surface area contributed by atoms with Crippen LogP contribution in [-0.4, -0.2) is 18.1 Å². The number of rotatable bonds is 2. The van der Waals surface area contributed by atoms with Crippen LogP contribution in [0.5, 0.6) is 0 Å². The van der Waals surface area contributed by atoms with Gasteiger partial charge in [-0.2, -0.15) is 0 Å². The summed E-state index contributed by atoms with van der Waals surface area (Å²) >= 11 is 1.41. The van der Waals surface area contributed by atoms with E-state index in [1.54, 1.807) is 0 Å². The van der Waals surface area contributed by atoms with E-state index in [1.165, 1.54) is 23.5 Å². The smallest absolute Gasteiger partial charge is 0.136 e. The summed E-state index contributed by atoms with van der Waals surface area (Å²) in [6.07, 6.45) is 1.06. The van der Waals surface area contributed by atoms with E-state index in [2.05, 4.69) is 10.3 Å². The minimum atomic E-state index is -0.562. The Kier molecular flexibility index (Phi) is 3.09. The molecule has 0 aliphatic carbocycles. The second-order valence-corrected chi connectivity index (χ2v) is 5.25. The van der Waals surface area contributed by atoms with Crippen molar-refractivity contribution in [2.45, 2.75) is 12.3 Å². The van der Waals surface area contributed by atoms with Gasteiger partial charge in [0.1, 0.15) is 16.6 Å². The van der Waals surface area contributed by atoms with Crippen molar-refractivity contribution in [1.82, 2.24) is 10.3 Å². The zero-order valence-electron chi connectivity index (χ0n) is 9.62. The molecule has 1 unspecified atom stereocenters. The number of hydrogen-bond acceptors (Lipinski definition) is 3. The van der Waals surface area contributed by atoms with E-state index >= 15 is 0 Å². The summed E-state index contributed by atoms with van der Waals surface area (Å²) in [4.78, 5) is 4.47. The van der Waals surface area contributed by atoms with Gasteiger partial charge >= 0.3 is 0 Å². The third-order valence-electron chi connectivity index (χ3n) is 3.16. The standard InChI is InChI=1S/C13H12F2N2S/c14-9-1-2-10(11(15)5-9)13-17-12(7-18-13)8-3-4-16-6-8/h1-2,5,7-8,16H,3-4,6H2. The Labute approximate surface area is 108 Å². The summed E-state index contributed by atoms with van der Waals surface area (Å²) in [5.41, 5.74) is 1.38. The van der Waals surface area contributed by atoms with Crippen molar-refractivity contribution in [3.63, 3.8) is 0 Å². The van der Waals surface area contributed by atoms with Crippen molar-refractivity contribution >= 4 is 11.3 Å². The molecule has 2 nitrogen and oxygen atoms in total. The maximum atomic E-state index is 13.6. The van der Waals surface area contributed by atoms with E-state index in [0.29, 0.717) is 16.5 Å². The number of nitrogens with zero attached hydrogens (tertiary/aromatic N) is 1. The van der Waals surface area contributed by atoms with Gasteiger partial charge in [-0.25, -0.2) is 13.8 Å². The van der Waals surface area contributed by atoms with Gasteiger partial charge in [-0.1, -0.05) is 0 Å². The summed E-state index contributed by atoms with van der Waals surface area (Å²) in [5.74, 6) is -0.702. The van der Waals surface area contributed by atoms with E-state index in [9.17, 15) is 8.78 Å². The van der Waals surface area contributed by atoms with Crippen LogP contribution in [0.15, 0.2) is 23.6 Å². The highest BCUT2D eigenvalue weighted by Gasteiger charge is 2.20. The van der Waals surface area contributed by atoms with Crippen LogP contribution in [0.4, 0.5) is 8.78 Å². The van der Waals surface area contributed by atoms with E-state index in [4.69, 9.17) is 0 Å². The zero-order chi connectivity index (χ0) is 12.5. The van der Waals surface area contributed by atoms with Gasteiger partial charge in [0.2, 0.25) is 0 Å². The highest BCUT2D eigenvalue weighted by molar-refractivity contribution is 7.13. The lowest BCUT2D eigenvalue weighted by molar-refractivity contribution is 0.585. The molecule has 1 aliphatic heterocycles. The molecule has 0 spiro atoms. The van der Waals surface area contributed by atoms with Crippen LogP contribution < -0.4 is 5.32 Å². The van der Waals surface area contributed by atoms with Crippen LogP contribution in [0.2, 0.25) is 0 Å². The van der Waals surface area contributed by atoms with Crippen molar-refractivity contribution in [3.05, 3.63) is 40.9 Å². The first-order valence-electron chi connectivity index (χ1n) is 5.85. The van der Waals surface area contributed by atoms with Gasteiger partial charge in [0.05, 0.1) is 5.69 Å². The molecule has 18 heavy (non-hydrogen) atoms. The van der Waals surface area contributed by atoms with E-state index in [0.717, 1.165) is 31.3 Å². The lowest BCUT2D eigenvalue weighted by atomic mass is 10.1. The third kappa shape index (κ3) is 2.15. The Morgan fingerprint density at radius 3 is 2.94 bits per heavy atom. The Bertz CT molecular complexity index is 562. The summed E-state index contributed by atoms with van der Waals surface area (Å²) < 4.78 is 26.5. The Balaban J connectivity index is 1.92. The number of thiazole rings is 1. The molecule has 2 heterocycles. The molecule has 2 aromatic rings. The maximum Gasteiger partial charge on any atom is 0.136 e. The summed E-state index contributed by atoms with van der Waals surface area (Å²) in [6.45, 7) is 1.93. The number of halogens is 2. The summed E-state index contributed by atoms with van der Waals surface area (Å²) in [7, 11) is 0. The van der Waals surface area contributed by atoms with Crippen LogP contribution in [0.25, 0.3) is 10.6 Å². The molecule has 1 fully saturated rings. The second-order valence-electron chi connectivity index (χ2n) is 4.39. The van der Waals surface area contributed by atoms with Crippen LogP contribution in [-0.2, 0) is 0 Å². The van der Waals surface area contributed by atoms with Crippen LogP contribution in [0.3, 0.4) is 0 Å². The number of nitrogens with one attached hydrogen (secondary N) is 1. The van der Waals surface area contributed by atoms with Gasteiger partial charge in [-0.05, 0) is 25.1 Å². The van der Waals surface area contributed by atoms with Crippen LogP contribution in [0, 0.1) is 11.6 Å². The lowest BCUT2D eigenvalue weighted by Gasteiger charge is -2.03. The van der Waals surface area contributed by atoms with Crippen molar-refractivity contribution in [2.24, 2.45) is 0 Å². The molecule has 1 N–H and O–H groups in total. The SMILES string of the molecule is Fc1ccc(-c2nc(C3CCNC3)cs2)c(F)c1. The molecule has 1 aliphatic rings. The van der Waals surface area contributed by atoms with Crippen molar-refractivity contribution < 1.29 is 8.78 Å². The monoisotopic (exact) mass is 266 g/mol. The fourth-order valence-corrected chi connectivity index (χ4v) is 3.10. The molecule has 94 valence electrons. The van der Waals surface area contributed by atoms with Gasteiger partial charge in [0, 0.05) is 29.5 Å². The first kappa shape index (κ1) is 11.7. The van der Waals surface area contributed by atoms with Gasteiger partial charge in [0.25, 0.3) is 0 Å².